The van der Waals surface area contributed by atoms with Crippen LogP contribution in [-0.2, 0) is 4.74 Å². The van der Waals surface area contributed by atoms with E-state index < -0.39 is 0 Å². The van der Waals surface area contributed by atoms with Crippen molar-refractivity contribution in [3.05, 3.63) is 29.6 Å². The van der Waals surface area contributed by atoms with Gasteiger partial charge in [0.25, 0.3) is 0 Å². The van der Waals surface area contributed by atoms with E-state index in [1.54, 1.807) is 6.07 Å². The van der Waals surface area contributed by atoms with Crippen LogP contribution in [0.3, 0.4) is 0 Å². The molecule has 2 rings (SSSR count). The third-order valence-electron chi connectivity index (χ3n) is 3.56. The van der Waals surface area contributed by atoms with Crippen molar-refractivity contribution in [3.63, 3.8) is 0 Å². The number of morpholine rings is 1. The maximum absolute atomic E-state index is 13.3. The van der Waals surface area contributed by atoms with Crippen molar-refractivity contribution in [3.8, 4) is 5.75 Å². The Morgan fingerprint density at radius 2 is 2.35 bits per heavy atom. The van der Waals surface area contributed by atoms with Gasteiger partial charge in [0.1, 0.15) is 24.3 Å². The zero-order valence-corrected chi connectivity index (χ0v) is 12.1. The van der Waals surface area contributed by atoms with Crippen LogP contribution < -0.4 is 10.5 Å². The normalized spacial score (nSPS) is 21.7. The van der Waals surface area contributed by atoms with E-state index in [2.05, 4.69) is 11.8 Å². The summed E-state index contributed by atoms with van der Waals surface area (Å²) in [6.45, 7) is 7.99. The molecule has 1 aliphatic rings. The van der Waals surface area contributed by atoms with Gasteiger partial charge in [0.15, 0.2) is 0 Å². The zero-order valence-electron chi connectivity index (χ0n) is 12.1. The molecule has 5 heteroatoms. The van der Waals surface area contributed by atoms with Crippen molar-refractivity contribution in [1.82, 2.24) is 4.90 Å². The molecule has 1 unspecified atom stereocenters. The summed E-state index contributed by atoms with van der Waals surface area (Å²) >= 11 is 0. The number of hydrogen-bond acceptors (Lipinski definition) is 4. The topological polar surface area (TPSA) is 47.7 Å². The van der Waals surface area contributed by atoms with Crippen LogP contribution in [-0.4, -0.2) is 43.9 Å². The number of halogens is 1. The van der Waals surface area contributed by atoms with E-state index in [1.165, 1.54) is 12.1 Å². The van der Waals surface area contributed by atoms with E-state index in [9.17, 15) is 4.39 Å². The van der Waals surface area contributed by atoms with E-state index in [4.69, 9.17) is 15.2 Å². The van der Waals surface area contributed by atoms with E-state index in [0.717, 1.165) is 26.2 Å². The summed E-state index contributed by atoms with van der Waals surface area (Å²) in [5.41, 5.74) is 6.54. The van der Waals surface area contributed by atoms with Gasteiger partial charge in [0.05, 0.1) is 6.61 Å². The second kappa shape index (κ2) is 7.02. The number of nitrogens with zero attached hydrogens (tertiary/aromatic N) is 1. The Kier molecular flexibility index (Phi) is 5.34. The minimum absolute atomic E-state index is 0.0506. The molecule has 2 atom stereocenters. The maximum atomic E-state index is 13.3. The fourth-order valence-electron chi connectivity index (χ4n) is 2.36. The summed E-state index contributed by atoms with van der Waals surface area (Å²) in [6.07, 6.45) is 0.0506. The summed E-state index contributed by atoms with van der Waals surface area (Å²) in [7, 11) is 0. The monoisotopic (exact) mass is 282 g/mol. The van der Waals surface area contributed by atoms with Gasteiger partial charge in [-0.3, -0.25) is 4.90 Å². The second-order valence-corrected chi connectivity index (χ2v) is 5.17. The first-order valence-electron chi connectivity index (χ1n) is 7.12. The molecule has 2 N–H and O–H groups in total. The van der Waals surface area contributed by atoms with Crippen LogP contribution in [0.4, 0.5) is 4.39 Å². The van der Waals surface area contributed by atoms with E-state index in [0.29, 0.717) is 17.9 Å². The summed E-state index contributed by atoms with van der Waals surface area (Å²) in [5.74, 6) is 0.342. The molecule has 0 aliphatic carbocycles. The second-order valence-electron chi connectivity index (χ2n) is 5.17. The van der Waals surface area contributed by atoms with Crippen LogP contribution in [0, 0.1) is 5.82 Å². The molecule has 1 aromatic carbocycles. The molecule has 1 aromatic rings. The fraction of sp³-hybridized carbons (Fsp3) is 0.600. The molecule has 1 fully saturated rings. The van der Waals surface area contributed by atoms with Crippen molar-refractivity contribution in [2.75, 3.05) is 32.8 Å². The van der Waals surface area contributed by atoms with Gasteiger partial charge in [-0.2, -0.15) is 0 Å². The van der Waals surface area contributed by atoms with Crippen molar-refractivity contribution >= 4 is 0 Å². The van der Waals surface area contributed by atoms with Crippen molar-refractivity contribution in [1.29, 1.82) is 0 Å². The molecule has 0 spiro atoms. The molecular weight excluding hydrogens is 259 g/mol. The number of likely N-dealkylation sites (N-methyl/N-ethyl adjacent to an activating group) is 1. The van der Waals surface area contributed by atoms with Crippen LogP contribution in [0.1, 0.15) is 25.5 Å². The zero-order chi connectivity index (χ0) is 14.5. The van der Waals surface area contributed by atoms with Gasteiger partial charge in [-0.15, -0.1) is 0 Å². The lowest BCUT2D eigenvalue weighted by Crippen LogP contribution is -2.44. The molecular formula is C15H23FN2O2. The van der Waals surface area contributed by atoms with E-state index >= 15 is 0 Å². The minimum Gasteiger partial charge on any atom is -0.490 e. The average molecular weight is 282 g/mol. The van der Waals surface area contributed by atoms with Crippen LogP contribution in [0.25, 0.3) is 0 Å². The first-order valence-corrected chi connectivity index (χ1v) is 7.12. The maximum Gasteiger partial charge on any atom is 0.124 e. The third-order valence-corrected chi connectivity index (χ3v) is 3.56. The van der Waals surface area contributed by atoms with Crippen molar-refractivity contribution in [2.24, 2.45) is 5.73 Å². The summed E-state index contributed by atoms with van der Waals surface area (Å²) < 4.78 is 24.7. The highest BCUT2D eigenvalue weighted by Gasteiger charge is 2.20. The Labute approximate surface area is 119 Å². The summed E-state index contributed by atoms with van der Waals surface area (Å²) in [5, 5.41) is 0. The van der Waals surface area contributed by atoms with Gasteiger partial charge in [-0.1, -0.05) is 6.92 Å². The van der Waals surface area contributed by atoms with Crippen LogP contribution in [0.15, 0.2) is 18.2 Å². The third kappa shape index (κ3) is 3.91. The van der Waals surface area contributed by atoms with Crippen molar-refractivity contribution < 1.29 is 13.9 Å². The first-order chi connectivity index (χ1) is 9.60. The highest BCUT2D eigenvalue weighted by molar-refractivity contribution is 5.36. The molecule has 0 amide bonds. The first kappa shape index (κ1) is 15.2. The molecule has 1 saturated heterocycles. The van der Waals surface area contributed by atoms with Gasteiger partial charge in [-0.25, -0.2) is 4.39 Å². The van der Waals surface area contributed by atoms with Crippen LogP contribution in [0.2, 0.25) is 0 Å². The highest BCUT2D eigenvalue weighted by Crippen LogP contribution is 2.25. The Balaban J connectivity index is 1.96. The van der Waals surface area contributed by atoms with Gasteiger partial charge in [-0.05, 0) is 31.7 Å². The van der Waals surface area contributed by atoms with E-state index in [1.807, 2.05) is 6.92 Å². The highest BCUT2D eigenvalue weighted by atomic mass is 19.1. The Morgan fingerprint density at radius 1 is 1.55 bits per heavy atom. The van der Waals surface area contributed by atoms with Gasteiger partial charge in [0, 0.05) is 24.7 Å². The SMILES string of the molecule is CCN1CCOC(COc2ccc(F)cc2[C@@H](C)N)C1. The predicted octanol–water partition coefficient (Wildman–Crippen LogP) is 1.94. The number of benzene rings is 1. The lowest BCUT2D eigenvalue weighted by molar-refractivity contribution is -0.0465. The molecule has 1 aliphatic heterocycles. The fourth-order valence-corrected chi connectivity index (χ4v) is 2.36. The summed E-state index contributed by atoms with van der Waals surface area (Å²) in [6, 6.07) is 4.19. The predicted molar refractivity (Wildman–Crippen MR) is 76.4 cm³/mol. The number of nitrogens with two attached hydrogens (primary N) is 1. The molecule has 1 heterocycles. The van der Waals surface area contributed by atoms with Crippen molar-refractivity contribution in [2.45, 2.75) is 26.0 Å². The number of ether oxygens (including phenoxy) is 2. The van der Waals surface area contributed by atoms with Crippen LogP contribution >= 0.6 is 0 Å². The Morgan fingerprint density at radius 3 is 3.05 bits per heavy atom. The molecule has 112 valence electrons. The van der Waals surface area contributed by atoms with Crippen LogP contribution in [0.5, 0.6) is 5.75 Å². The average Bonchev–Trinajstić information content (AvgIpc) is 2.46. The van der Waals surface area contributed by atoms with Gasteiger partial charge >= 0.3 is 0 Å². The Hall–Kier alpha value is -1.17. The quantitative estimate of drug-likeness (QED) is 0.896. The smallest absolute Gasteiger partial charge is 0.124 e. The molecule has 0 saturated carbocycles. The molecule has 0 aromatic heterocycles. The molecule has 0 radical (unpaired) electrons. The largest absolute Gasteiger partial charge is 0.490 e. The standard InChI is InChI=1S/C15H23FN2O2/c1-3-18-6-7-19-13(9-18)10-20-15-5-4-12(16)8-14(15)11(2)17/h4-5,8,11,13H,3,6-7,9-10,17H2,1-2H3/t11-,13?/m1/s1. The lowest BCUT2D eigenvalue weighted by atomic mass is 10.1. The van der Waals surface area contributed by atoms with Gasteiger partial charge < -0.3 is 15.2 Å². The minimum atomic E-state index is -0.296. The molecule has 4 nitrogen and oxygen atoms in total. The number of hydrogen-bond donors (Lipinski definition) is 1. The lowest BCUT2D eigenvalue weighted by Gasteiger charge is -2.32. The van der Waals surface area contributed by atoms with Gasteiger partial charge in [0.2, 0.25) is 0 Å². The Bertz CT molecular complexity index is 440. The number of rotatable bonds is 5. The van der Waals surface area contributed by atoms with E-state index in [-0.39, 0.29) is 18.0 Å². The molecule has 0 bridgehead atoms. The summed E-state index contributed by atoms with van der Waals surface area (Å²) in [4.78, 5) is 2.33. The molecule has 20 heavy (non-hydrogen) atoms.